The monoisotopic (exact) mass is 364 g/mol. The molecule has 128 valence electrons. The van der Waals surface area contributed by atoms with Gasteiger partial charge in [-0.3, -0.25) is 4.79 Å². The Morgan fingerprint density at radius 2 is 2.17 bits per heavy atom. The van der Waals surface area contributed by atoms with Crippen LogP contribution in [0.2, 0.25) is 0 Å². The standard InChI is InChI=1S/C16H20N4O2S2/c1-22-12-7-5-11(6-8-12)10-18-15-19-20-16(24-15)23-13-4-2-3-9-17-14(13)21/h5-8,13H,2-4,9-10H2,1H3,(H,17,21)(H,18,19). The Kier molecular flexibility index (Phi) is 5.92. The number of nitrogens with zero attached hydrogens (tertiary/aromatic N) is 2. The SMILES string of the molecule is COc1ccc(CNc2nnc(SC3CCCCNC3=O)s2)cc1. The second kappa shape index (κ2) is 8.34. The highest BCUT2D eigenvalue weighted by Crippen LogP contribution is 2.32. The number of benzene rings is 1. The Bertz CT molecular complexity index is 675. The third kappa shape index (κ3) is 4.61. The molecular weight excluding hydrogens is 344 g/mol. The van der Waals surface area contributed by atoms with Gasteiger partial charge < -0.3 is 15.4 Å². The summed E-state index contributed by atoms with van der Waals surface area (Å²) in [5, 5.41) is 15.3. The first-order valence-corrected chi connectivity index (χ1v) is 9.59. The molecule has 1 aromatic carbocycles. The maximum Gasteiger partial charge on any atom is 0.233 e. The molecule has 8 heteroatoms. The average Bonchev–Trinajstić information content (AvgIpc) is 2.96. The van der Waals surface area contributed by atoms with E-state index in [2.05, 4.69) is 20.8 Å². The largest absolute Gasteiger partial charge is 0.497 e. The lowest BCUT2D eigenvalue weighted by molar-refractivity contribution is -0.120. The summed E-state index contributed by atoms with van der Waals surface area (Å²) in [7, 11) is 1.65. The lowest BCUT2D eigenvalue weighted by Crippen LogP contribution is -2.30. The highest BCUT2D eigenvalue weighted by Gasteiger charge is 2.23. The molecule has 0 bridgehead atoms. The van der Waals surface area contributed by atoms with Gasteiger partial charge in [0.25, 0.3) is 0 Å². The first-order chi connectivity index (χ1) is 11.7. The molecule has 0 saturated carbocycles. The molecule has 1 amide bonds. The van der Waals surface area contributed by atoms with Crippen LogP contribution in [0, 0.1) is 0 Å². The number of anilines is 1. The molecule has 2 heterocycles. The lowest BCUT2D eigenvalue weighted by Gasteiger charge is -2.09. The minimum absolute atomic E-state index is 0.0603. The fourth-order valence-corrected chi connectivity index (χ4v) is 4.45. The Hall–Kier alpha value is -1.80. The number of nitrogens with one attached hydrogen (secondary N) is 2. The van der Waals surface area contributed by atoms with Gasteiger partial charge in [0.2, 0.25) is 11.0 Å². The van der Waals surface area contributed by atoms with E-state index in [1.165, 1.54) is 23.1 Å². The van der Waals surface area contributed by atoms with Crippen LogP contribution in [0.25, 0.3) is 0 Å². The van der Waals surface area contributed by atoms with E-state index in [9.17, 15) is 4.79 Å². The molecule has 2 N–H and O–H groups in total. The van der Waals surface area contributed by atoms with E-state index in [1.54, 1.807) is 7.11 Å². The number of hydrogen-bond donors (Lipinski definition) is 2. The lowest BCUT2D eigenvalue weighted by atomic mass is 10.2. The van der Waals surface area contributed by atoms with Gasteiger partial charge in [0.05, 0.1) is 12.4 Å². The first-order valence-electron chi connectivity index (χ1n) is 7.89. The first kappa shape index (κ1) is 17.0. The third-order valence-electron chi connectivity index (χ3n) is 3.74. The highest BCUT2D eigenvalue weighted by atomic mass is 32.2. The van der Waals surface area contributed by atoms with E-state index in [-0.39, 0.29) is 11.2 Å². The zero-order chi connectivity index (χ0) is 16.8. The molecule has 1 aliphatic heterocycles. The topological polar surface area (TPSA) is 76.1 Å². The van der Waals surface area contributed by atoms with Crippen molar-refractivity contribution in [2.75, 3.05) is 19.0 Å². The second-order valence-corrected chi connectivity index (χ2v) is 7.90. The Balaban J connectivity index is 1.53. The Morgan fingerprint density at radius 3 is 2.96 bits per heavy atom. The van der Waals surface area contributed by atoms with Crippen molar-refractivity contribution < 1.29 is 9.53 Å². The van der Waals surface area contributed by atoms with Crippen LogP contribution in [0.1, 0.15) is 24.8 Å². The van der Waals surface area contributed by atoms with Crippen LogP contribution in [0.5, 0.6) is 5.75 Å². The van der Waals surface area contributed by atoms with Crippen LogP contribution in [-0.4, -0.2) is 35.0 Å². The zero-order valence-electron chi connectivity index (χ0n) is 13.4. The number of methoxy groups -OCH3 is 1. The van der Waals surface area contributed by atoms with Gasteiger partial charge in [0.1, 0.15) is 5.75 Å². The molecule has 6 nitrogen and oxygen atoms in total. The molecule has 1 aromatic heterocycles. The normalized spacial score (nSPS) is 17.9. The minimum Gasteiger partial charge on any atom is -0.497 e. The van der Waals surface area contributed by atoms with E-state index in [4.69, 9.17) is 4.74 Å². The maximum absolute atomic E-state index is 12.0. The molecule has 0 radical (unpaired) electrons. The van der Waals surface area contributed by atoms with Gasteiger partial charge in [-0.25, -0.2) is 0 Å². The van der Waals surface area contributed by atoms with Crippen molar-refractivity contribution >= 4 is 34.1 Å². The predicted molar refractivity (Wildman–Crippen MR) is 96.7 cm³/mol. The van der Waals surface area contributed by atoms with E-state index in [1.807, 2.05) is 24.3 Å². The smallest absolute Gasteiger partial charge is 0.233 e. The van der Waals surface area contributed by atoms with Crippen molar-refractivity contribution in [3.8, 4) is 5.75 Å². The molecule has 1 unspecified atom stereocenters. The summed E-state index contributed by atoms with van der Waals surface area (Å²) in [4.78, 5) is 12.0. The van der Waals surface area contributed by atoms with E-state index >= 15 is 0 Å². The fourth-order valence-electron chi connectivity index (χ4n) is 2.40. The van der Waals surface area contributed by atoms with Crippen LogP contribution in [0.15, 0.2) is 28.6 Å². The van der Waals surface area contributed by atoms with Crippen molar-refractivity contribution in [1.29, 1.82) is 0 Å². The summed E-state index contributed by atoms with van der Waals surface area (Å²) in [6, 6.07) is 7.89. The van der Waals surface area contributed by atoms with Crippen molar-refractivity contribution in [3.63, 3.8) is 0 Å². The van der Waals surface area contributed by atoms with E-state index in [0.717, 1.165) is 46.6 Å². The van der Waals surface area contributed by atoms with Crippen molar-refractivity contribution in [3.05, 3.63) is 29.8 Å². The van der Waals surface area contributed by atoms with Crippen molar-refractivity contribution in [2.24, 2.45) is 0 Å². The third-order valence-corrected chi connectivity index (χ3v) is 5.97. The van der Waals surface area contributed by atoms with Gasteiger partial charge in [0.15, 0.2) is 4.34 Å². The van der Waals surface area contributed by atoms with Gasteiger partial charge in [-0.05, 0) is 30.5 Å². The number of carbonyl (C=O) groups is 1. The molecule has 24 heavy (non-hydrogen) atoms. The second-order valence-electron chi connectivity index (χ2n) is 5.47. The number of aromatic nitrogens is 2. The highest BCUT2D eigenvalue weighted by molar-refractivity contribution is 8.02. The molecule has 1 aliphatic rings. The molecule has 0 aliphatic carbocycles. The number of rotatable bonds is 6. The summed E-state index contributed by atoms with van der Waals surface area (Å²) < 4.78 is 5.98. The number of hydrogen-bond acceptors (Lipinski definition) is 7. The van der Waals surface area contributed by atoms with Crippen LogP contribution in [0.4, 0.5) is 5.13 Å². The number of ether oxygens (including phenoxy) is 1. The van der Waals surface area contributed by atoms with Crippen molar-refractivity contribution in [1.82, 2.24) is 15.5 Å². The summed E-state index contributed by atoms with van der Waals surface area (Å²) >= 11 is 3.00. The van der Waals surface area contributed by atoms with Gasteiger partial charge in [0, 0.05) is 13.1 Å². The van der Waals surface area contributed by atoms with Crippen LogP contribution in [0.3, 0.4) is 0 Å². The van der Waals surface area contributed by atoms with Gasteiger partial charge in [-0.1, -0.05) is 41.7 Å². The molecule has 1 saturated heterocycles. The van der Waals surface area contributed by atoms with Crippen LogP contribution in [-0.2, 0) is 11.3 Å². The van der Waals surface area contributed by atoms with E-state index in [0.29, 0.717) is 6.54 Å². The molecule has 3 rings (SSSR count). The quantitative estimate of drug-likeness (QED) is 0.821. The summed E-state index contributed by atoms with van der Waals surface area (Å²) in [6.07, 6.45) is 3.01. The summed E-state index contributed by atoms with van der Waals surface area (Å²) in [5.41, 5.74) is 1.14. The Labute approximate surface area is 149 Å². The molecule has 1 atom stereocenters. The van der Waals surface area contributed by atoms with Crippen molar-refractivity contribution in [2.45, 2.75) is 35.4 Å². The van der Waals surface area contributed by atoms with Crippen LogP contribution < -0.4 is 15.4 Å². The molecular formula is C16H20N4O2S2. The maximum atomic E-state index is 12.0. The Morgan fingerprint density at radius 1 is 1.33 bits per heavy atom. The number of carbonyl (C=O) groups excluding carboxylic acids is 1. The fraction of sp³-hybridized carbons (Fsp3) is 0.438. The van der Waals surface area contributed by atoms with E-state index < -0.39 is 0 Å². The van der Waals surface area contributed by atoms with Crippen LogP contribution >= 0.6 is 23.1 Å². The number of amides is 1. The number of thioether (sulfide) groups is 1. The van der Waals surface area contributed by atoms with Gasteiger partial charge in [-0.15, -0.1) is 10.2 Å². The summed E-state index contributed by atoms with van der Waals surface area (Å²) in [6.45, 7) is 1.45. The molecule has 0 spiro atoms. The minimum atomic E-state index is -0.0603. The predicted octanol–water partition coefficient (Wildman–Crippen LogP) is 2.92. The van der Waals surface area contributed by atoms with Gasteiger partial charge >= 0.3 is 0 Å². The summed E-state index contributed by atoms with van der Waals surface area (Å²) in [5.74, 6) is 0.954. The molecule has 2 aromatic rings. The average molecular weight is 364 g/mol. The molecule has 1 fully saturated rings. The zero-order valence-corrected chi connectivity index (χ0v) is 15.1. The van der Waals surface area contributed by atoms with Gasteiger partial charge in [-0.2, -0.15) is 0 Å².